The zero-order valence-corrected chi connectivity index (χ0v) is 20.1. The number of hydrogen-bond acceptors (Lipinski definition) is 6. The van der Waals surface area contributed by atoms with Crippen LogP contribution in [0.25, 0.3) is 11.5 Å². The molecule has 8 heteroatoms. The zero-order valence-electron chi connectivity index (χ0n) is 20.1. The Bertz CT molecular complexity index is 1320. The second kappa shape index (κ2) is 11.7. The summed E-state index contributed by atoms with van der Waals surface area (Å²) in [4.78, 5) is 29.0. The van der Waals surface area contributed by atoms with E-state index in [4.69, 9.17) is 13.9 Å². The molecule has 3 aromatic carbocycles. The molecule has 0 atom stereocenters. The fourth-order valence-corrected chi connectivity index (χ4v) is 3.51. The summed E-state index contributed by atoms with van der Waals surface area (Å²) < 4.78 is 16.6. The van der Waals surface area contributed by atoms with Gasteiger partial charge in [-0.05, 0) is 48.9 Å². The summed E-state index contributed by atoms with van der Waals surface area (Å²) in [5, 5.41) is 5.68. The van der Waals surface area contributed by atoms with Crippen molar-refractivity contribution in [3.8, 4) is 23.0 Å². The molecule has 2 N–H and O–H groups in total. The van der Waals surface area contributed by atoms with Crippen molar-refractivity contribution < 1.29 is 23.5 Å². The third-order valence-corrected chi connectivity index (χ3v) is 5.40. The van der Waals surface area contributed by atoms with Gasteiger partial charge in [-0.2, -0.15) is 0 Å². The average Bonchev–Trinajstić information content (AvgIpc) is 3.27. The molecule has 0 bridgehead atoms. The smallest absolute Gasteiger partial charge is 0.258 e. The van der Waals surface area contributed by atoms with Gasteiger partial charge in [0.25, 0.3) is 5.91 Å². The Morgan fingerprint density at radius 3 is 2.31 bits per heavy atom. The van der Waals surface area contributed by atoms with Crippen LogP contribution < -0.4 is 20.1 Å². The monoisotopic (exact) mass is 485 g/mol. The maximum Gasteiger partial charge on any atom is 0.258 e. The average molecular weight is 486 g/mol. The summed E-state index contributed by atoms with van der Waals surface area (Å²) in [5.74, 6) is 1.72. The van der Waals surface area contributed by atoms with E-state index in [1.54, 1.807) is 44.4 Å². The predicted octanol–water partition coefficient (Wildman–Crippen LogP) is 4.54. The van der Waals surface area contributed by atoms with Crippen LogP contribution in [0.2, 0.25) is 0 Å². The molecule has 184 valence electrons. The molecule has 4 aromatic rings. The van der Waals surface area contributed by atoms with Crippen LogP contribution >= 0.6 is 0 Å². The lowest BCUT2D eigenvalue weighted by Gasteiger charge is -2.10. The number of aryl methyl sites for hydroxylation is 1. The van der Waals surface area contributed by atoms with Gasteiger partial charge >= 0.3 is 0 Å². The molecule has 0 aliphatic carbocycles. The molecule has 36 heavy (non-hydrogen) atoms. The molecular formula is C28H27N3O5. The van der Waals surface area contributed by atoms with E-state index in [-0.39, 0.29) is 25.0 Å². The van der Waals surface area contributed by atoms with E-state index in [0.29, 0.717) is 41.0 Å². The first-order valence-electron chi connectivity index (χ1n) is 11.4. The number of benzene rings is 3. The zero-order chi connectivity index (χ0) is 25.3. The number of carbonyl (C=O) groups is 2. The Kier molecular flexibility index (Phi) is 7.97. The number of anilines is 1. The molecule has 0 aliphatic heterocycles. The number of aromatic nitrogens is 1. The highest BCUT2D eigenvalue weighted by molar-refractivity contribution is 5.92. The fourth-order valence-electron chi connectivity index (χ4n) is 3.51. The van der Waals surface area contributed by atoms with E-state index in [9.17, 15) is 9.59 Å². The van der Waals surface area contributed by atoms with Gasteiger partial charge in [-0.1, -0.05) is 42.5 Å². The molecule has 0 saturated carbocycles. The minimum Gasteiger partial charge on any atom is -0.493 e. The second-order valence-corrected chi connectivity index (χ2v) is 8.03. The topological polar surface area (TPSA) is 103 Å². The maximum atomic E-state index is 12.3. The van der Waals surface area contributed by atoms with Crippen LogP contribution in [-0.4, -0.2) is 30.5 Å². The Balaban J connectivity index is 1.29. The number of nitrogens with one attached hydrogen (secondary N) is 2. The summed E-state index contributed by atoms with van der Waals surface area (Å²) in [7, 11) is 1.54. The molecular weight excluding hydrogens is 458 g/mol. The lowest BCUT2D eigenvalue weighted by Crippen LogP contribution is -2.28. The number of ether oxygens (including phenoxy) is 2. The first kappa shape index (κ1) is 24.5. The molecule has 8 nitrogen and oxygen atoms in total. The lowest BCUT2D eigenvalue weighted by atomic mass is 10.1. The van der Waals surface area contributed by atoms with Gasteiger partial charge in [0.1, 0.15) is 11.5 Å². The number of methoxy groups -OCH3 is 1. The van der Waals surface area contributed by atoms with E-state index < -0.39 is 0 Å². The molecule has 0 saturated heterocycles. The summed E-state index contributed by atoms with van der Waals surface area (Å²) in [5.41, 5.74) is 3.02. The number of carbonyl (C=O) groups excluding carboxylic acids is 2. The third kappa shape index (κ3) is 6.50. The minimum atomic E-state index is -0.291. The molecule has 1 heterocycles. The standard InChI is InChI=1S/C28H27N3O5/c1-19-23(17-29-27(33)18-35-25-11-7-6-10-24(25)34-2)31-28(36-19)21-12-14-22(15-13-21)30-26(32)16-20-8-4-3-5-9-20/h3-15H,16-18H2,1-2H3,(H,29,33)(H,30,32). The van der Waals surface area contributed by atoms with Crippen LogP contribution in [0.5, 0.6) is 11.5 Å². The molecule has 0 fully saturated rings. The van der Waals surface area contributed by atoms with E-state index >= 15 is 0 Å². The van der Waals surface area contributed by atoms with E-state index in [2.05, 4.69) is 15.6 Å². The van der Waals surface area contributed by atoms with Gasteiger partial charge in [0.05, 0.1) is 20.1 Å². The van der Waals surface area contributed by atoms with Crippen LogP contribution in [0.4, 0.5) is 5.69 Å². The van der Waals surface area contributed by atoms with Crippen molar-refractivity contribution in [2.24, 2.45) is 0 Å². The van der Waals surface area contributed by atoms with Gasteiger partial charge in [0, 0.05) is 11.3 Å². The molecule has 0 spiro atoms. The first-order valence-corrected chi connectivity index (χ1v) is 11.4. The normalized spacial score (nSPS) is 10.5. The molecule has 0 unspecified atom stereocenters. The number of hydrogen-bond donors (Lipinski definition) is 2. The quantitative estimate of drug-likeness (QED) is 0.342. The lowest BCUT2D eigenvalue weighted by molar-refractivity contribution is -0.123. The minimum absolute atomic E-state index is 0.0892. The molecule has 1 aromatic heterocycles. The largest absolute Gasteiger partial charge is 0.493 e. The van der Waals surface area contributed by atoms with Crippen molar-refractivity contribution in [1.29, 1.82) is 0 Å². The van der Waals surface area contributed by atoms with Crippen molar-refractivity contribution in [2.45, 2.75) is 19.9 Å². The maximum absolute atomic E-state index is 12.3. The summed E-state index contributed by atoms with van der Waals surface area (Å²) in [6.07, 6.45) is 0.306. The number of amides is 2. The van der Waals surface area contributed by atoms with Crippen molar-refractivity contribution in [3.63, 3.8) is 0 Å². The van der Waals surface area contributed by atoms with Crippen molar-refractivity contribution in [2.75, 3.05) is 19.0 Å². The van der Waals surface area contributed by atoms with Gasteiger partial charge in [-0.15, -0.1) is 0 Å². The number of para-hydroxylation sites is 2. The van der Waals surface area contributed by atoms with Gasteiger partial charge in [-0.3, -0.25) is 9.59 Å². The SMILES string of the molecule is COc1ccccc1OCC(=O)NCc1nc(-c2ccc(NC(=O)Cc3ccccc3)cc2)oc1C. The summed E-state index contributed by atoms with van der Waals surface area (Å²) >= 11 is 0. The Labute approximate surface area is 209 Å². The van der Waals surface area contributed by atoms with E-state index in [0.717, 1.165) is 11.1 Å². The van der Waals surface area contributed by atoms with Crippen molar-refractivity contribution in [1.82, 2.24) is 10.3 Å². The molecule has 2 amide bonds. The summed E-state index contributed by atoms with van der Waals surface area (Å²) in [6.45, 7) is 1.85. The van der Waals surface area contributed by atoms with Crippen LogP contribution in [0, 0.1) is 6.92 Å². The Hall–Kier alpha value is -4.59. The van der Waals surface area contributed by atoms with E-state index in [1.807, 2.05) is 48.5 Å². The highest BCUT2D eigenvalue weighted by Gasteiger charge is 2.14. The highest BCUT2D eigenvalue weighted by atomic mass is 16.5. The fraction of sp³-hybridized carbons (Fsp3) is 0.179. The van der Waals surface area contributed by atoms with Gasteiger partial charge in [0.2, 0.25) is 11.8 Å². The van der Waals surface area contributed by atoms with Crippen molar-refractivity contribution in [3.05, 3.63) is 95.9 Å². The molecule has 0 aliphatic rings. The van der Waals surface area contributed by atoms with Crippen LogP contribution in [0.15, 0.2) is 83.3 Å². The van der Waals surface area contributed by atoms with Crippen LogP contribution in [-0.2, 0) is 22.6 Å². The second-order valence-electron chi connectivity index (χ2n) is 8.03. The number of rotatable bonds is 10. The van der Waals surface area contributed by atoms with Gasteiger partial charge in [0.15, 0.2) is 18.1 Å². The van der Waals surface area contributed by atoms with E-state index in [1.165, 1.54) is 0 Å². The van der Waals surface area contributed by atoms with Gasteiger partial charge in [-0.25, -0.2) is 4.98 Å². The molecule has 0 radical (unpaired) electrons. The van der Waals surface area contributed by atoms with Crippen LogP contribution in [0.3, 0.4) is 0 Å². The number of nitrogens with zero attached hydrogens (tertiary/aromatic N) is 1. The Morgan fingerprint density at radius 2 is 1.58 bits per heavy atom. The number of oxazole rings is 1. The Morgan fingerprint density at radius 1 is 0.889 bits per heavy atom. The first-order chi connectivity index (χ1) is 17.5. The third-order valence-electron chi connectivity index (χ3n) is 5.40. The van der Waals surface area contributed by atoms with Crippen LogP contribution in [0.1, 0.15) is 17.0 Å². The highest BCUT2D eigenvalue weighted by Crippen LogP contribution is 2.26. The predicted molar refractivity (Wildman–Crippen MR) is 136 cm³/mol. The molecule has 4 rings (SSSR count). The van der Waals surface area contributed by atoms with Gasteiger partial charge < -0.3 is 24.5 Å². The summed E-state index contributed by atoms with van der Waals surface area (Å²) in [6, 6.07) is 24.0. The van der Waals surface area contributed by atoms with Crippen molar-refractivity contribution >= 4 is 17.5 Å².